The first-order valence-corrected chi connectivity index (χ1v) is 9.55. The smallest absolute Gasteiger partial charge is 0.481 e. The lowest BCUT2D eigenvalue weighted by Gasteiger charge is -2.34. The molecule has 0 aliphatic carbocycles. The molecular formula is C20H21F3N2O7. The molecule has 32 heavy (non-hydrogen) atoms. The van der Waals surface area contributed by atoms with Crippen molar-refractivity contribution in [2.45, 2.75) is 50.7 Å². The van der Waals surface area contributed by atoms with Gasteiger partial charge in [-0.05, 0) is 38.5 Å². The number of fused-ring (bicyclic) bond motifs is 1. The number of halogens is 3. The van der Waals surface area contributed by atoms with E-state index in [1.165, 1.54) is 12.1 Å². The second-order valence-corrected chi connectivity index (χ2v) is 8.78. The Balaban J connectivity index is 2.16. The van der Waals surface area contributed by atoms with Gasteiger partial charge < -0.3 is 14.9 Å². The highest BCUT2D eigenvalue weighted by atomic mass is 19.4. The van der Waals surface area contributed by atoms with Gasteiger partial charge in [0.25, 0.3) is 0 Å². The summed E-state index contributed by atoms with van der Waals surface area (Å²) in [4.78, 5) is 51.1. The normalized spacial score (nSPS) is 28.1. The van der Waals surface area contributed by atoms with Gasteiger partial charge in [-0.15, -0.1) is 13.2 Å². The summed E-state index contributed by atoms with van der Waals surface area (Å²) >= 11 is 0. The van der Waals surface area contributed by atoms with Gasteiger partial charge in [0.05, 0.1) is 18.3 Å². The average molecular weight is 458 g/mol. The summed E-state index contributed by atoms with van der Waals surface area (Å²) in [6.07, 6.45) is -6.00. The molecule has 2 aliphatic heterocycles. The van der Waals surface area contributed by atoms with Gasteiger partial charge in [0.1, 0.15) is 11.3 Å². The number of carbonyl (C=O) groups is 4. The van der Waals surface area contributed by atoms with Crippen molar-refractivity contribution in [1.82, 2.24) is 10.2 Å². The van der Waals surface area contributed by atoms with Crippen LogP contribution >= 0.6 is 0 Å². The summed E-state index contributed by atoms with van der Waals surface area (Å²) in [5.41, 5.74) is -3.32. The Labute approximate surface area is 180 Å². The van der Waals surface area contributed by atoms with E-state index >= 15 is 0 Å². The lowest BCUT2D eigenvalue weighted by molar-refractivity contribution is -0.274. The van der Waals surface area contributed by atoms with Crippen LogP contribution in [0.3, 0.4) is 0 Å². The zero-order chi connectivity index (χ0) is 24.2. The van der Waals surface area contributed by atoms with Crippen LogP contribution in [0.5, 0.6) is 5.75 Å². The number of benzene rings is 1. The minimum Gasteiger partial charge on any atom is -0.481 e. The van der Waals surface area contributed by atoms with E-state index in [9.17, 15) is 42.6 Å². The maximum Gasteiger partial charge on any atom is 0.573 e. The molecule has 2 amide bonds. The molecule has 3 N–H and O–H groups in total. The number of nitrogens with zero attached hydrogens (tertiary/aromatic N) is 1. The summed E-state index contributed by atoms with van der Waals surface area (Å²) < 4.78 is 41.8. The summed E-state index contributed by atoms with van der Waals surface area (Å²) in [6, 6.07) is 3.31. The van der Waals surface area contributed by atoms with E-state index in [-0.39, 0.29) is 5.56 Å². The number of carboxylic acids is 2. The predicted octanol–water partition coefficient (Wildman–Crippen LogP) is 1.93. The number of ether oxygens (including phenoxy) is 1. The van der Waals surface area contributed by atoms with Crippen molar-refractivity contribution in [3.63, 3.8) is 0 Å². The number of amides is 2. The summed E-state index contributed by atoms with van der Waals surface area (Å²) in [7, 11) is 0. The fourth-order valence-corrected chi connectivity index (χ4v) is 4.53. The maximum atomic E-state index is 13.3. The van der Waals surface area contributed by atoms with Gasteiger partial charge >= 0.3 is 18.3 Å². The maximum absolute atomic E-state index is 13.3. The minimum absolute atomic E-state index is 0.0483. The molecule has 3 rings (SSSR count). The molecular weight excluding hydrogens is 437 g/mol. The SMILES string of the molecule is CC(C)(C)N1C(=O)C2C(c3cccc(OC(F)(F)F)c3)NC(CC(=O)O)(C(=O)O)C2C1=O. The van der Waals surface area contributed by atoms with Crippen LogP contribution in [0, 0.1) is 11.8 Å². The van der Waals surface area contributed by atoms with Crippen LogP contribution in [0.4, 0.5) is 13.2 Å². The lowest BCUT2D eigenvalue weighted by atomic mass is 9.77. The number of carboxylic acid groups (broad SMARTS) is 2. The monoisotopic (exact) mass is 458 g/mol. The molecule has 0 spiro atoms. The summed E-state index contributed by atoms with van der Waals surface area (Å²) in [6.45, 7) is 4.68. The van der Waals surface area contributed by atoms with E-state index in [1.54, 1.807) is 20.8 Å². The quantitative estimate of drug-likeness (QED) is 0.570. The minimum atomic E-state index is -4.99. The van der Waals surface area contributed by atoms with E-state index in [0.717, 1.165) is 17.0 Å². The van der Waals surface area contributed by atoms with Crippen LogP contribution in [0.2, 0.25) is 0 Å². The van der Waals surface area contributed by atoms with Gasteiger partial charge in [0.15, 0.2) is 0 Å². The third-order valence-corrected chi connectivity index (χ3v) is 5.59. The fraction of sp³-hybridized carbons (Fsp3) is 0.500. The molecule has 12 heteroatoms. The van der Waals surface area contributed by atoms with Crippen molar-refractivity contribution < 1.29 is 47.3 Å². The summed E-state index contributed by atoms with van der Waals surface area (Å²) in [5, 5.41) is 21.9. The first kappa shape index (κ1) is 23.5. The average Bonchev–Trinajstić information content (AvgIpc) is 3.08. The van der Waals surface area contributed by atoms with Crippen LogP contribution in [0.1, 0.15) is 38.8 Å². The number of rotatable bonds is 5. The molecule has 0 aromatic heterocycles. The Morgan fingerprint density at radius 1 is 1.16 bits per heavy atom. The number of aliphatic carboxylic acids is 2. The zero-order valence-electron chi connectivity index (χ0n) is 17.3. The van der Waals surface area contributed by atoms with Crippen LogP contribution in [0.15, 0.2) is 24.3 Å². The van der Waals surface area contributed by atoms with Crippen molar-refractivity contribution in [1.29, 1.82) is 0 Å². The topological polar surface area (TPSA) is 133 Å². The number of hydrogen-bond acceptors (Lipinski definition) is 6. The van der Waals surface area contributed by atoms with E-state index in [0.29, 0.717) is 0 Å². The molecule has 174 valence electrons. The second kappa shape index (κ2) is 7.47. The van der Waals surface area contributed by atoms with Gasteiger partial charge in [-0.25, -0.2) is 0 Å². The fourth-order valence-electron chi connectivity index (χ4n) is 4.53. The van der Waals surface area contributed by atoms with Gasteiger partial charge in [-0.3, -0.25) is 29.4 Å². The third-order valence-electron chi connectivity index (χ3n) is 5.59. The first-order chi connectivity index (χ1) is 14.6. The van der Waals surface area contributed by atoms with Crippen LogP contribution < -0.4 is 10.1 Å². The molecule has 4 atom stereocenters. The second-order valence-electron chi connectivity index (χ2n) is 8.78. The molecule has 2 fully saturated rings. The number of carbonyl (C=O) groups excluding carboxylic acids is 2. The number of hydrogen-bond donors (Lipinski definition) is 3. The lowest BCUT2D eigenvalue weighted by Crippen LogP contribution is -2.58. The van der Waals surface area contributed by atoms with Crippen molar-refractivity contribution >= 4 is 23.8 Å². The predicted molar refractivity (Wildman–Crippen MR) is 100 cm³/mol. The molecule has 2 aliphatic rings. The van der Waals surface area contributed by atoms with Gasteiger partial charge in [-0.1, -0.05) is 12.1 Å². The molecule has 1 aromatic rings. The van der Waals surface area contributed by atoms with Crippen molar-refractivity contribution in [2.24, 2.45) is 11.8 Å². The number of nitrogens with one attached hydrogen (secondary N) is 1. The van der Waals surface area contributed by atoms with Crippen LogP contribution in [-0.2, 0) is 19.2 Å². The first-order valence-electron chi connectivity index (χ1n) is 9.55. The van der Waals surface area contributed by atoms with Crippen molar-refractivity contribution in [2.75, 3.05) is 0 Å². The highest BCUT2D eigenvalue weighted by Crippen LogP contribution is 2.51. The molecule has 2 saturated heterocycles. The highest BCUT2D eigenvalue weighted by molar-refractivity contribution is 6.10. The Morgan fingerprint density at radius 3 is 2.28 bits per heavy atom. The van der Waals surface area contributed by atoms with Crippen LogP contribution in [0.25, 0.3) is 0 Å². The Bertz CT molecular complexity index is 988. The standard InChI is InChI=1S/C20H21F3N2O7/c1-18(2,3)25-15(28)12-13(16(25)29)19(17(30)31,8-11(26)27)24-14(12)9-5-4-6-10(7-9)32-20(21,22)23/h4-7,12-14,24H,8H2,1-3H3,(H,26,27)(H,30,31). The number of likely N-dealkylation sites (tertiary alicyclic amines) is 1. The third kappa shape index (κ3) is 3.90. The van der Waals surface area contributed by atoms with Crippen LogP contribution in [-0.4, -0.2) is 56.3 Å². The molecule has 4 unspecified atom stereocenters. The Kier molecular flexibility index (Phi) is 5.49. The van der Waals surface area contributed by atoms with Gasteiger partial charge in [0.2, 0.25) is 11.8 Å². The largest absolute Gasteiger partial charge is 0.573 e. The number of imide groups is 1. The summed E-state index contributed by atoms with van der Waals surface area (Å²) in [5.74, 6) is -8.28. The molecule has 2 heterocycles. The van der Waals surface area contributed by atoms with Gasteiger partial charge in [-0.2, -0.15) is 0 Å². The van der Waals surface area contributed by atoms with E-state index in [2.05, 4.69) is 10.1 Å². The Hall–Kier alpha value is -3.15. The zero-order valence-corrected chi connectivity index (χ0v) is 17.3. The highest BCUT2D eigenvalue weighted by Gasteiger charge is 2.70. The molecule has 0 radical (unpaired) electrons. The van der Waals surface area contributed by atoms with E-state index in [4.69, 9.17) is 0 Å². The van der Waals surface area contributed by atoms with Crippen molar-refractivity contribution in [3.05, 3.63) is 29.8 Å². The molecule has 1 aromatic carbocycles. The molecule has 0 bridgehead atoms. The molecule has 9 nitrogen and oxygen atoms in total. The van der Waals surface area contributed by atoms with Crippen molar-refractivity contribution in [3.8, 4) is 5.75 Å². The van der Waals surface area contributed by atoms with Gasteiger partial charge in [0, 0.05) is 11.6 Å². The van der Waals surface area contributed by atoms with E-state index in [1.807, 2.05) is 0 Å². The number of alkyl halides is 3. The van der Waals surface area contributed by atoms with E-state index < -0.39 is 71.2 Å². The Morgan fingerprint density at radius 2 is 1.78 bits per heavy atom. The molecule has 0 saturated carbocycles.